The van der Waals surface area contributed by atoms with Crippen LogP contribution >= 0.6 is 0 Å². The summed E-state index contributed by atoms with van der Waals surface area (Å²) in [7, 11) is 1.87. The van der Waals surface area contributed by atoms with Crippen molar-refractivity contribution in [3.63, 3.8) is 0 Å². The fourth-order valence-corrected chi connectivity index (χ4v) is 5.31. The third kappa shape index (κ3) is 7.87. The van der Waals surface area contributed by atoms with E-state index >= 15 is 0 Å². The number of nitrogens with one attached hydrogen (secondary N) is 3. The Hall–Kier alpha value is -5.02. The van der Waals surface area contributed by atoms with Crippen molar-refractivity contribution in [1.29, 1.82) is 5.26 Å². The number of carbonyl (C=O) groups is 1. The summed E-state index contributed by atoms with van der Waals surface area (Å²) in [5.41, 5.74) is 3.27. The minimum absolute atomic E-state index is 0.0415. The minimum atomic E-state index is -0.447. The van der Waals surface area contributed by atoms with E-state index in [4.69, 9.17) is 4.98 Å². The van der Waals surface area contributed by atoms with Crippen molar-refractivity contribution in [1.82, 2.24) is 30.0 Å². The molecule has 1 unspecified atom stereocenters. The molecule has 1 saturated carbocycles. The SMILES string of the molecule is CC(O)CCNc1nc(NC2CCC(N(C(=O)NCc3ccccc3)c3ccc(-c4cnn(C)c4)cn3)CC2)ncc1C#N. The second kappa shape index (κ2) is 14.4. The zero-order chi connectivity index (χ0) is 30.9. The Labute approximate surface area is 257 Å². The molecular formula is C32H38N10O2. The Morgan fingerprint density at radius 1 is 1.09 bits per heavy atom. The van der Waals surface area contributed by atoms with Gasteiger partial charge in [0, 0.05) is 55.7 Å². The topological polar surface area (TPSA) is 157 Å². The van der Waals surface area contributed by atoms with E-state index < -0.39 is 6.10 Å². The van der Waals surface area contributed by atoms with Gasteiger partial charge in [-0.2, -0.15) is 15.3 Å². The summed E-state index contributed by atoms with van der Waals surface area (Å²) in [6, 6.07) is 15.7. The van der Waals surface area contributed by atoms with Gasteiger partial charge in [0.15, 0.2) is 0 Å². The molecule has 1 fully saturated rings. The normalized spacial score (nSPS) is 16.9. The Bertz CT molecular complexity index is 1560. The first-order chi connectivity index (χ1) is 21.4. The van der Waals surface area contributed by atoms with E-state index in [9.17, 15) is 15.2 Å². The van der Waals surface area contributed by atoms with Gasteiger partial charge in [0.25, 0.3) is 0 Å². The quantitative estimate of drug-likeness (QED) is 0.197. The van der Waals surface area contributed by atoms with Crippen LogP contribution in [0.15, 0.2) is 67.3 Å². The van der Waals surface area contributed by atoms with Crippen molar-refractivity contribution in [3.8, 4) is 17.2 Å². The lowest BCUT2D eigenvalue weighted by Crippen LogP contribution is -2.49. The molecule has 1 aliphatic carbocycles. The third-order valence-corrected chi connectivity index (χ3v) is 7.70. The summed E-state index contributed by atoms with van der Waals surface area (Å²) >= 11 is 0. The molecule has 1 aliphatic rings. The number of amides is 2. The maximum absolute atomic E-state index is 13.7. The highest BCUT2D eigenvalue weighted by Gasteiger charge is 2.31. The molecule has 1 atom stereocenters. The summed E-state index contributed by atoms with van der Waals surface area (Å²) in [4.78, 5) is 29.0. The predicted octanol–water partition coefficient (Wildman–Crippen LogP) is 4.47. The first kappa shape index (κ1) is 30.4. The van der Waals surface area contributed by atoms with Gasteiger partial charge in [-0.25, -0.2) is 14.8 Å². The fraction of sp³-hybridized carbons (Fsp3) is 0.375. The summed E-state index contributed by atoms with van der Waals surface area (Å²) in [6.07, 6.45) is 10.2. The monoisotopic (exact) mass is 594 g/mol. The first-order valence-corrected chi connectivity index (χ1v) is 14.9. The maximum atomic E-state index is 13.7. The molecule has 3 heterocycles. The first-order valence-electron chi connectivity index (χ1n) is 14.9. The lowest BCUT2D eigenvalue weighted by molar-refractivity contribution is 0.188. The average Bonchev–Trinajstić information content (AvgIpc) is 3.48. The number of hydrogen-bond donors (Lipinski definition) is 4. The molecule has 44 heavy (non-hydrogen) atoms. The summed E-state index contributed by atoms with van der Waals surface area (Å²) in [5.74, 6) is 1.49. The van der Waals surface area contributed by atoms with E-state index in [-0.39, 0.29) is 18.1 Å². The Balaban J connectivity index is 1.26. The van der Waals surface area contributed by atoms with Crippen LogP contribution in [-0.4, -0.2) is 60.6 Å². The molecule has 0 spiro atoms. The van der Waals surface area contributed by atoms with Crippen LogP contribution in [0.5, 0.6) is 0 Å². The van der Waals surface area contributed by atoms with Crippen molar-refractivity contribution in [2.75, 3.05) is 22.1 Å². The van der Waals surface area contributed by atoms with E-state index in [0.29, 0.717) is 42.7 Å². The van der Waals surface area contributed by atoms with Crippen LogP contribution in [0.25, 0.3) is 11.1 Å². The third-order valence-electron chi connectivity index (χ3n) is 7.70. The number of urea groups is 1. The molecule has 4 aromatic rings. The molecule has 2 amide bonds. The van der Waals surface area contributed by atoms with Crippen LogP contribution in [0.1, 0.15) is 50.2 Å². The number of aromatic nitrogens is 5. The van der Waals surface area contributed by atoms with Gasteiger partial charge in [0.2, 0.25) is 5.95 Å². The van der Waals surface area contributed by atoms with E-state index in [0.717, 1.165) is 42.4 Å². The van der Waals surface area contributed by atoms with Crippen molar-refractivity contribution >= 4 is 23.6 Å². The van der Waals surface area contributed by atoms with E-state index in [1.54, 1.807) is 28.9 Å². The number of pyridine rings is 1. The number of hydrogen-bond acceptors (Lipinski definition) is 9. The van der Waals surface area contributed by atoms with Crippen LogP contribution in [0, 0.1) is 11.3 Å². The second-order valence-corrected chi connectivity index (χ2v) is 11.1. The standard InChI is InChI=1S/C32H38N10O2/c1-22(43)14-15-34-30-25(16-33)19-36-31(40-30)39-27-9-11-28(12-10-27)42(32(44)37-17-23-6-4-3-5-7-23)29-13-8-24(18-35-29)26-20-38-41(2)21-26/h3-8,13,18-22,27-28,43H,9-12,14-15,17H2,1-2H3,(H,37,44)(H2,34,36,39,40). The van der Waals surface area contributed by atoms with Gasteiger partial charge in [-0.1, -0.05) is 30.3 Å². The van der Waals surface area contributed by atoms with Crippen LogP contribution in [0.2, 0.25) is 0 Å². The zero-order valence-electron chi connectivity index (χ0n) is 25.0. The molecule has 4 N–H and O–H groups in total. The molecule has 0 bridgehead atoms. The molecule has 228 valence electrons. The Morgan fingerprint density at radius 2 is 1.89 bits per heavy atom. The van der Waals surface area contributed by atoms with Crippen molar-refractivity contribution in [2.24, 2.45) is 7.05 Å². The molecule has 0 saturated heterocycles. The van der Waals surface area contributed by atoms with Crippen LogP contribution in [0.3, 0.4) is 0 Å². The Morgan fingerprint density at radius 3 is 2.55 bits per heavy atom. The zero-order valence-corrected chi connectivity index (χ0v) is 25.0. The van der Waals surface area contributed by atoms with Gasteiger partial charge in [-0.3, -0.25) is 9.58 Å². The maximum Gasteiger partial charge on any atom is 0.323 e. The number of nitrogens with zero attached hydrogens (tertiary/aromatic N) is 7. The number of anilines is 3. The van der Waals surface area contributed by atoms with Gasteiger partial charge < -0.3 is 21.1 Å². The number of rotatable bonds is 11. The van der Waals surface area contributed by atoms with Gasteiger partial charge >= 0.3 is 6.03 Å². The molecule has 12 heteroatoms. The molecule has 3 aromatic heterocycles. The average molecular weight is 595 g/mol. The van der Waals surface area contributed by atoms with Crippen molar-refractivity contribution in [3.05, 3.63) is 78.4 Å². The fourth-order valence-electron chi connectivity index (χ4n) is 5.31. The summed E-state index contributed by atoms with van der Waals surface area (Å²) < 4.78 is 1.75. The van der Waals surface area contributed by atoms with Crippen molar-refractivity contribution in [2.45, 2.75) is 63.8 Å². The van der Waals surface area contributed by atoms with E-state index in [2.05, 4.69) is 37.1 Å². The second-order valence-electron chi connectivity index (χ2n) is 11.1. The van der Waals surface area contributed by atoms with Crippen LogP contribution < -0.4 is 20.9 Å². The number of aryl methyl sites for hydroxylation is 1. The number of aliphatic hydroxyl groups excluding tert-OH is 1. The van der Waals surface area contributed by atoms with Gasteiger partial charge in [0.1, 0.15) is 23.3 Å². The molecule has 5 rings (SSSR count). The molecule has 0 radical (unpaired) electrons. The highest BCUT2D eigenvalue weighted by Crippen LogP contribution is 2.29. The molecule has 12 nitrogen and oxygen atoms in total. The number of carbonyl (C=O) groups excluding carboxylic acids is 1. The van der Waals surface area contributed by atoms with E-state index in [1.165, 1.54) is 6.20 Å². The minimum Gasteiger partial charge on any atom is -0.393 e. The Kier molecular flexibility index (Phi) is 9.99. The van der Waals surface area contributed by atoms with E-state index in [1.807, 2.05) is 55.7 Å². The van der Waals surface area contributed by atoms with Gasteiger partial charge in [0.05, 0.1) is 18.5 Å². The number of aliphatic hydroxyl groups is 1. The largest absolute Gasteiger partial charge is 0.393 e. The highest BCUT2D eigenvalue weighted by molar-refractivity contribution is 5.91. The molecule has 0 aliphatic heterocycles. The smallest absolute Gasteiger partial charge is 0.323 e. The van der Waals surface area contributed by atoms with Gasteiger partial charge in [-0.15, -0.1) is 0 Å². The highest BCUT2D eigenvalue weighted by atomic mass is 16.3. The molecular weight excluding hydrogens is 556 g/mol. The summed E-state index contributed by atoms with van der Waals surface area (Å²) in [5, 5.41) is 32.9. The predicted molar refractivity (Wildman–Crippen MR) is 169 cm³/mol. The number of benzene rings is 1. The van der Waals surface area contributed by atoms with Crippen LogP contribution in [0.4, 0.5) is 22.4 Å². The van der Waals surface area contributed by atoms with Crippen LogP contribution in [-0.2, 0) is 13.6 Å². The summed E-state index contributed by atoms with van der Waals surface area (Å²) in [6.45, 7) is 2.63. The lowest BCUT2D eigenvalue weighted by Gasteiger charge is -2.36. The molecule has 1 aromatic carbocycles. The van der Waals surface area contributed by atoms with Gasteiger partial charge in [-0.05, 0) is 56.7 Å². The van der Waals surface area contributed by atoms with Crippen molar-refractivity contribution < 1.29 is 9.90 Å². The number of nitriles is 1. The lowest BCUT2D eigenvalue weighted by atomic mass is 9.90.